The lowest BCUT2D eigenvalue weighted by molar-refractivity contribution is 0.799. The summed E-state index contributed by atoms with van der Waals surface area (Å²) in [6, 6.07) is 19.7. The third-order valence-electron chi connectivity index (χ3n) is 3.84. The van der Waals surface area contributed by atoms with E-state index in [9.17, 15) is 0 Å². The van der Waals surface area contributed by atoms with Crippen molar-refractivity contribution in [1.29, 1.82) is 0 Å². The zero-order valence-electron chi connectivity index (χ0n) is 13.6. The molecule has 0 amide bonds. The first-order valence-corrected chi connectivity index (χ1v) is 8.69. The molecule has 0 radical (unpaired) electrons. The van der Waals surface area contributed by atoms with Crippen LogP contribution in [0.2, 0.25) is 0 Å². The SMILES string of the molecule is Cl.ClC(=Nc1ccccc1)C1=C(Cl)C(=CNc2ccccc2)CCC1. The molecule has 2 aromatic carbocycles. The maximum absolute atomic E-state index is 6.58. The largest absolute Gasteiger partial charge is 0.361 e. The molecular weight excluding hydrogens is 375 g/mol. The number of anilines is 1. The standard InChI is InChI=1S/C20H18Cl2N2.ClH/c21-19-15(14-23-16-9-3-1-4-10-16)8-7-13-18(19)20(22)24-17-11-5-2-6-12-17;/h1-6,9-12,14,23H,7-8,13H2;1H. The Labute approximate surface area is 164 Å². The van der Waals surface area contributed by atoms with Crippen molar-refractivity contribution < 1.29 is 0 Å². The molecule has 0 unspecified atom stereocenters. The van der Waals surface area contributed by atoms with Gasteiger partial charge in [0.1, 0.15) is 5.17 Å². The first-order chi connectivity index (χ1) is 11.7. The van der Waals surface area contributed by atoms with Crippen LogP contribution in [0.4, 0.5) is 11.4 Å². The number of nitrogens with one attached hydrogen (secondary N) is 1. The Morgan fingerprint density at radius 1 is 0.960 bits per heavy atom. The van der Waals surface area contributed by atoms with Gasteiger partial charge < -0.3 is 5.32 Å². The number of benzene rings is 2. The lowest BCUT2D eigenvalue weighted by Gasteiger charge is -2.18. The van der Waals surface area contributed by atoms with Gasteiger partial charge in [0.25, 0.3) is 0 Å². The smallest absolute Gasteiger partial charge is 0.134 e. The summed E-state index contributed by atoms with van der Waals surface area (Å²) in [5, 5.41) is 4.46. The molecule has 130 valence electrons. The fourth-order valence-electron chi connectivity index (χ4n) is 2.59. The number of allylic oxidation sites excluding steroid dienone is 3. The molecule has 0 spiro atoms. The van der Waals surface area contributed by atoms with E-state index in [0.29, 0.717) is 10.2 Å². The zero-order chi connectivity index (χ0) is 16.8. The third-order valence-corrected chi connectivity index (χ3v) is 4.62. The van der Waals surface area contributed by atoms with Gasteiger partial charge in [0.2, 0.25) is 0 Å². The van der Waals surface area contributed by atoms with Crippen molar-refractivity contribution in [1.82, 2.24) is 0 Å². The van der Waals surface area contributed by atoms with Crippen molar-refractivity contribution in [3.8, 4) is 0 Å². The minimum absolute atomic E-state index is 0. The highest BCUT2D eigenvalue weighted by Crippen LogP contribution is 2.34. The molecule has 0 saturated carbocycles. The summed E-state index contributed by atoms with van der Waals surface area (Å²) >= 11 is 13.0. The van der Waals surface area contributed by atoms with Crippen LogP contribution in [0.25, 0.3) is 0 Å². The van der Waals surface area contributed by atoms with E-state index in [1.807, 2.05) is 66.9 Å². The summed E-state index contributed by atoms with van der Waals surface area (Å²) in [4.78, 5) is 4.48. The van der Waals surface area contributed by atoms with Crippen LogP contribution >= 0.6 is 35.6 Å². The van der Waals surface area contributed by atoms with Crippen LogP contribution in [-0.4, -0.2) is 5.17 Å². The molecule has 3 rings (SSSR count). The van der Waals surface area contributed by atoms with Crippen molar-refractivity contribution >= 4 is 52.2 Å². The van der Waals surface area contributed by atoms with Gasteiger partial charge in [-0.2, -0.15) is 0 Å². The van der Waals surface area contributed by atoms with Gasteiger partial charge in [0.05, 0.1) is 10.7 Å². The van der Waals surface area contributed by atoms with Gasteiger partial charge in [-0.1, -0.05) is 59.6 Å². The van der Waals surface area contributed by atoms with E-state index in [1.165, 1.54) is 0 Å². The highest BCUT2D eigenvalue weighted by molar-refractivity contribution is 6.70. The van der Waals surface area contributed by atoms with Crippen LogP contribution in [0.1, 0.15) is 19.3 Å². The van der Waals surface area contributed by atoms with E-state index in [-0.39, 0.29) is 12.4 Å². The van der Waals surface area contributed by atoms with E-state index in [1.54, 1.807) is 0 Å². The zero-order valence-corrected chi connectivity index (χ0v) is 15.9. The van der Waals surface area contributed by atoms with Gasteiger partial charge in [-0.3, -0.25) is 0 Å². The summed E-state index contributed by atoms with van der Waals surface area (Å²) in [5.74, 6) is 0. The minimum atomic E-state index is 0. The number of rotatable bonds is 4. The first-order valence-electron chi connectivity index (χ1n) is 7.93. The van der Waals surface area contributed by atoms with Gasteiger partial charge >= 0.3 is 0 Å². The summed E-state index contributed by atoms with van der Waals surface area (Å²) in [5.41, 5.74) is 3.83. The van der Waals surface area contributed by atoms with Crippen LogP contribution in [0.3, 0.4) is 0 Å². The second kappa shape index (κ2) is 9.67. The maximum Gasteiger partial charge on any atom is 0.134 e. The lowest BCUT2D eigenvalue weighted by Crippen LogP contribution is -2.06. The predicted molar refractivity (Wildman–Crippen MR) is 112 cm³/mol. The molecule has 2 aromatic rings. The molecule has 0 bridgehead atoms. The molecule has 0 heterocycles. The molecule has 0 fully saturated rings. The Bertz CT molecular complexity index is 781. The number of hydrogen-bond acceptors (Lipinski definition) is 2. The Morgan fingerprint density at radius 3 is 2.28 bits per heavy atom. The van der Waals surface area contributed by atoms with E-state index >= 15 is 0 Å². The fourth-order valence-corrected chi connectivity index (χ4v) is 3.25. The van der Waals surface area contributed by atoms with Crippen molar-refractivity contribution in [3.05, 3.63) is 83.0 Å². The Balaban J connectivity index is 0.00000225. The Kier molecular flexibility index (Phi) is 7.57. The number of para-hydroxylation sites is 2. The van der Waals surface area contributed by atoms with E-state index < -0.39 is 0 Å². The second-order valence-corrected chi connectivity index (χ2v) is 6.30. The molecule has 1 aliphatic rings. The number of aliphatic imine (C=N–C) groups is 1. The molecule has 1 N–H and O–H groups in total. The minimum Gasteiger partial charge on any atom is -0.361 e. The molecule has 25 heavy (non-hydrogen) atoms. The molecule has 0 aliphatic heterocycles. The van der Waals surface area contributed by atoms with Crippen molar-refractivity contribution in [3.63, 3.8) is 0 Å². The topological polar surface area (TPSA) is 24.4 Å². The normalized spacial score (nSPS) is 16.6. The summed E-state index contributed by atoms with van der Waals surface area (Å²) in [6.45, 7) is 0. The summed E-state index contributed by atoms with van der Waals surface area (Å²) in [6.07, 6.45) is 4.74. The average molecular weight is 394 g/mol. The lowest BCUT2D eigenvalue weighted by atomic mass is 9.96. The summed E-state index contributed by atoms with van der Waals surface area (Å²) in [7, 11) is 0. The van der Waals surface area contributed by atoms with Crippen LogP contribution in [0, 0.1) is 0 Å². The van der Waals surface area contributed by atoms with E-state index in [0.717, 1.165) is 41.8 Å². The monoisotopic (exact) mass is 392 g/mol. The first kappa shape index (κ1) is 19.6. The number of halogens is 3. The van der Waals surface area contributed by atoms with Crippen molar-refractivity contribution in [2.45, 2.75) is 19.3 Å². The van der Waals surface area contributed by atoms with Crippen molar-refractivity contribution in [2.75, 3.05) is 5.32 Å². The van der Waals surface area contributed by atoms with E-state index in [2.05, 4.69) is 10.3 Å². The quantitative estimate of drug-likeness (QED) is 0.553. The molecule has 0 aromatic heterocycles. The molecular formula is C20H19Cl3N2. The molecule has 0 saturated heterocycles. The van der Waals surface area contributed by atoms with Gasteiger partial charge in [0.15, 0.2) is 0 Å². The van der Waals surface area contributed by atoms with Crippen LogP contribution in [0.5, 0.6) is 0 Å². The van der Waals surface area contributed by atoms with Crippen LogP contribution < -0.4 is 5.32 Å². The maximum atomic E-state index is 6.58. The Hall–Kier alpha value is -1.74. The average Bonchev–Trinajstić information content (AvgIpc) is 2.62. The van der Waals surface area contributed by atoms with Crippen LogP contribution in [0.15, 0.2) is 88.0 Å². The highest BCUT2D eigenvalue weighted by atomic mass is 35.5. The van der Waals surface area contributed by atoms with Gasteiger partial charge in [-0.25, -0.2) is 4.99 Å². The molecule has 1 aliphatic carbocycles. The number of hydrogen-bond donors (Lipinski definition) is 1. The molecule has 2 nitrogen and oxygen atoms in total. The van der Waals surface area contributed by atoms with Gasteiger partial charge in [0, 0.05) is 17.5 Å². The van der Waals surface area contributed by atoms with Crippen LogP contribution in [-0.2, 0) is 0 Å². The van der Waals surface area contributed by atoms with Gasteiger partial charge in [-0.15, -0.1) is 12.4 Å². The second-order valence-electron chi connectivity index (χ2n) is 5.56. The number of nitrogens with zero attached hydrogens (tertiary/aromatic N) is 1. The molecule has 0 atom stereocenters. The highest BCUT2D eigenvalue weighted by Gasteiger charge is 2.19. The fraction of sp³-hybridized carbons (Fsp3) is 0.150. The predicted octanol–water partition coefficient (Wildman–Crippen LogP) is 7.05. The summed E-state index contributed by atoms with van der Waals surface area (Å²) < 4.78 is 0. The molecule has 5 heteroatoms. The van der Waals surface area contributed by atoms with E-state index in [4.69, 9.17) is 23.2 Å². The third kappa shape index (κ3) is 5.37. The van der Waals surface area contributed by atoms with Crippen molar-refractivity contribution in [2.24, 2.45) is 4.99 Å². The Morgan fingerprint density at radius 2 is 1.60 bits per heavy atom. The van der Waals surface area contributed by atoms with Gasteiger partial charge in [-0.05, 0) is 49.1 Å².